The molecule has 24 heavy (non-hydrogen) atoms. The molecular weight excluding hydrogens is 306 g/mol. The van der Waals surface area contributed by atoms with Crippen molar-refractivity contribution in [2.45, 2.75) is 6.92 Å². The standard InChI is InChI=1S/C18H17N3O3/c1-13-17(19-12-22)18(23)21(14-8-4-3-5-9-14)20(13)15-10-6-7-11-16(15)24-2/h3-12H,1-2H3,(H,19,22). The molecule has 1 heterocycles. The molecule has 0 aliphatic heterocycles. The van der Waals surface area contributed by atoms with Crippen molar-refractivity contribution in [2.75, 3.05) is 12.4 Å². The minimum Gasteiger partial charge on any atom is -0.494 e. The third-order valence-electron chi connectivity index (χ3n) is 3.80. The van der Waals surface area contributed by atoms with E-state index in [1.165, 1.54) is 4.68 Å². The topological polar surface area (TPSA) is 65.3 Å². The van der Waals surface area contributed by atoms with Crippen LogP contribution in [0.15, 0.2) is 59.4 Å². The van der Waals surface area contributed by atoms with E-state index >= 15 is 0 Å². The summed E-state index contributed by atoms with van der Waals surface area (Å²) in [7, 11) is 1.58. The van der Waals surface area contributed by atoms with E-state index in [0.717, 1.165) is 0 Å². The molecule has 122 valence electrons. The molecule has 6 nitrogen and oxygen atoms in total. The van der Waals surface area contributed by atoms with Gasteiger partial charge >= 0.3 is 0 Å². The fraction of sp³-hybridized carbons (Fsp3) is 0.111. The molecule has 0 bridgehead atoms. The number of carbonyl (C=O) groups is 1. The van der Waals surface area contributed by atoms with E-state index in [0.29, 0.717) is 29.2 Å². The van der Waals surface area contributed by atoms with Crippen LogP contribution in [0.5, 0.6) is 5.75 Å². The summed E-state index contributed by atoms with van der Waals surface area (Å²) in [6, 6.07) is 16.6. The van der Waals surface area contributed by atoms with Crippen molar-refractivity contribution in [3.63, 3.8) is 0 Å². The number of hydrogen-bond donors (Lipinski definition) is 1. The van der Waals surface area contributed by atoms with Crippen LogP contribution in [0.25, 0.3) is 11.4 Å². The molecule has 0 spiro atoms. The van der Waals surface area contributed by atoms with E-state index in [9.17, 15) is 9.59 Å². The van der Waals surface area contributed by atoms with Gasteiger partial charge in [-0.05, 0) is 31.2 Å². The third-order valence-corrected chi connectivity index (χ3v) is 3.80. The van der Waals surface area contributed by atoms with Gasteiger partial charge in [-0.1, -0.05) is 30.3 Å². The maximum Gasteiger partial charge on any atom is 0.295 e. The number of hydrogen-bond acceptors (Lipinski definition) is 3. The minimum absolute atomic E-state index is 0.236. The lowest BCUT2D eigenvalue weighted by atomic mass is 10.3. The van der Waals surface area contributed by atoms with Gasteiger partial charge in [0.25, 0.3) is 5.56 Å². The largest absolute Gasteiger partial charge is 0.494 e. The Morgan fingerprint density at radius 1 is 1.00 bits per heavy atom. The number of nitrogens with zero attached hydrogens (tertiary/aromatic N) is 2. The molecule has 3 aromatic rings. The summed E-state index contributed by atoms with van der Waals surface area (Å²) in [5, 5.41) is 2.51. The zero-order valence-corrected chi connectivity index (χ0v) is 13.4. The van der Waals surface area contributed by atoms with Crippen LogP contribution in [0, 0.1) is 6.92 Å². The summed E-state index contributed by atoms with van der Waals surface area (Å²) in [6.45, 7) is 1.78. The molecule has 0 unspecified atom stereocenters. The number of nitrogens with one attached hydrogen (secondary N) is 1. The van der Waals surface area contributed by atoms with Crippen molar-refractivity contribution in [1.82, 2.24) is 9.36 Å². The number of para-hydroxylation sites is 3. The van der Waals surface area contributed by atoms with Gasteiger partial charge in [0.1, 0.15) is 17.1 Å². The second kappa shape index (κ2) is 6.45. The quantitative estimate of drug-likeness (QED) is 0.734. The summed E-state index contributed by atoms with van der Waals surface area (Å²) in [4.78, 5) is 23.8. The van der Waals surface area contributed by atoms with Crippen LogP contribution >= 0.6 is 0 Å². The molecule has 3 rings (SSSR count). The molecule has 0 saturated heterocycles. The average molecular weight is 323 g/mol. The highest BCUT2D eigenvalue weighted by Crippen LogP contribution is 2.26. The normalized spacial score (nSPS) is 10.4. The Bertz CT molecular complexity index is 926. The van der Waals surface area contributed by atoms with Gasteiger partial charge in [-0.2, -0.15) is 0 Å². The number of rotatable bonds is 5. The zero-order chi connectivity index (χ0) is 17.1. The van der Waals surface area contributed by atoms with Crippen LogP contribution in [0.4, 0.5) is 5.69 Å². The summed E-state index contributed by atoms with van der Waals surface area (Å²) >= 11 is 0. The summed E-state index contributed by atoms with van der Waals surface area (Å²) in [5.74, 6) is 0.623. The van der Waals surface area contributed by atoms with E-state index in [-0.39, 0.29) is 11.2 Å². The number of amides is 1. The van der Waals surface area contributed by atoms with E-state index in [1.807, 2.05) is 54.6 Å². The number of carbonyl (C=O) groups excluding carboxylic acids is 1. The van der Waals surface area contributed by atoms with Crippen molar-refractivity contribution < 1.29 is 9.53 Å². The number of ether oxygens (including phenoxy) is 1. The predicted molar refractivity (Wildman–Crippen MR) is 92.3 cm³/mol. The van der Waals surface area contributed by atoms with Crippen molar-refractivity contribution in [1.29, 1.82) is 0 Å². The van der Waals surface area contributed by atoms with Crippen LogP contribution < -0.4 is 15.6 Å². The van der Waals surface area contributed by atoms with Gasteiger partial charge in [-0.3, -0.25) is 9.59 Å². The highest BCUT2D eigenvalue weighted by molar-refractivity contribution is 5.73. The maximum absolute atomic E-state index is 12.9. The molecule has 0 saturated carbocycles. The Labute approximate surface area is 138 Å². The van der Waals surface area contributed by atoms with Crippen molar-refractivity contribution in [3.05, 3.63) is 70.6 Å². The number of benzene rings is 2. The van der Waals surface area contributed by atoms with Crippen molar-refractivity contribution >= 4 is 12.1 Å². The van der Waals surface area contributed by atoms with E-state index in [4.69, 9.17) is 4.74 Å². The van der Waals surface area contributed by atoms with E-state index in [2.05, 4.69) is 5.32 Å². The molecule has 0 atom stereocenters. The molecular formula is C18H17N3O3. The fourth-order valence-electron chi connectivity index (χ4n) is 2.73. The second-order valence-corrected chi connectivity index (χ2v) is 5.16. The Morgan fingerprint density at radius 3 is 2.33 bits per heavy atom. The molecule has 1 aromatic heterocycles. The molecule has 0 aliphatic rings. The molecule has 2 aromatic carbocycles. The maximum atomic E-state index is 12.9. The lowest BCUT2D eigenvalue weighted by Crippen LogP contribution is -2.22. The lowest BCUT2D eigenvalue weighted by molar-refractivity contribution is -0.105. The summed E-state index contributed by atoms with van der Waals surface area (Å²) in [6.07, 6.45) is 0.506. The highest BCUT2D eigenvalue weighted by Gasteiger charge is 2.20. The molecule has 6 heteroatoms. The molecule has 0 fully saturated rings. The first-order chi connectivity index (χ1) is 11.7. The highest BCUT2D eigenvalue weighted by atomic mass is 16.5. The fourth-order valence-corrected chi connectivity index (χ4v) is 2.73. The van der Waals surface area contributed by atoms with Crippen LogP contribution in [0.2, 0.25) is 0 Å². The number of anilines is 1. The molecule has 0 radical (unpaired) electrons. The van der Waals surface area contributed by atoms with Gasteiger partial charge in [0.05, 0.1) is 18.5 Å². The van der Waals surface area contributed by atoms with Crippen molar-refractivity contribution in [2.24, 2.45) is 0 Å². The third kappa shape index (κ3) is 2.48. The average Bonchev–Trinajstić information content (AvgIpc) is 2.87. The first-order valence-electron chi connectivity index (χ1n) is 7.42. The minimum atomic E-state index is -0.309. The van der Waals surface area contributed by atoms with Gasteiger partial charge in [-0.15, -0.1) is 0 Å². The first kappa shape index (κ1) is 15.6. The Balaban J connectivity index is 2.38. The van der Waals surface area contributed by atoms with Gasteiger partial charge in [0.15, 0.2) is 0 Å². The Kier molecular flexibility index (Phi) is 4.20. The molecule has 1 N–H and O–H groups in total. The van der Waals surface area contributed by atoms with Crippen molar-refractivity contribution in [3.8, 4) is 17.1 Å². The SMILES string of the molecule is COc1ccccc1-n1c(C)c(NC=O)c(=O)n1-c1ccccc1. The van der Waals surface area contributed by atoms with Crippen LogP contribution in [0.1, 0.15) is 5.69 Å². The predicted octanol–water partition coefficient (Wildman–Crippen LogP) is 2.51. The second-order valence-electron chi connectivity index (χ2n) is 5.16. The summed E-state index contributed by atoms with van der Waals surface area (Å²) in [5.41, 5.74) is 1.93. The first-order valence-corrected chi connectivity index (χ1v) is 7.42. The molecule has 0 aliphatic carbocycles. The molecule has 1 amide bonds. The van der Waals surface area contributed by atoms with Gasteiger partial charge in [0, 0.05) is 0 Å². The number of methoxy groups -OCH3 is 1. The smallest absolute Gasteiger partial charge is 0.295 e. The Hall–Kier alpha value is -3.28. The van der Waals surface area contributed by atoms with Gasteiger partial charge in [-0.25, -0.2) is 9.36 Å². The van der Waals surface area contributed by atoms with E-state index < -0.39 is 0 Å². The van der Waals surface area contributed by atoms with Crippen LogP contribution in [-0.4, -0.2) is 22.9 Å². The van der Waals surface area contributed by atoms with Gasteiger partial charge in [0.2, 0.25) is 6.41 Å². The monoisotopic (exact) mass is 323 g/mol. The Morgan fingerprint density at radius 2 is 1.67 bits per heavy atom. The van der Waals surface area contributed by atoms with Crippen LogP contribution in [0.3, 0.4) is 0 Å². The van der Waals surface area contributed by atoms with Gasteiger partial charge < -0.3 is 10.1 Å². The van der Waals surface area contributed by atoms with Crippen LogP contribution in [-0.2, 0) is 4.79 Å². The lowest BCUT2D eigenvalue weighted by Gasteiger charge is -2.16. The number of aromatic nitrogens is 2. The van der Waals surface area contributed by atoms with E-state index in [1.54, 1.807) is 18.7 Å². The summed E-state index contributed by atoms with van der Waals surface area (Å²) < 4.78 is 8.68. The zero-order valence-electron chi connectivity index (χ0n) is 13.4.